The van der Waals surface area contributed by atoms with Crippen LogP contribution in [0.5, 0.6) is 17.2 Å². The molecule has 2 rings (SSSR count). The lowest BCUT2D eigenvalue weighted by Crippen LogP contribution is -2.11. The molecule has 118 valence electrons. The molecule has 0 spiro atoms. The molecule has 6 nitrogen and oxygen atoms in total. The number of nitrogens with two attached hydrogens (primary N) is 1. The lowest BCUT2D eigenvalue weighted by molar-refractivity contribution is 0.0804. The molecular weight excluding hydrogens is 274 g/mol. The quantitative estimate of drug-likeness (QED) is 0.657. The minimum atomic E-state index is 0.253. The summed E-state index contributed by atoms with van der Waals surface area (Å²) in [7, 11) is 1.68. The third kappa shape index (κ3) is 4.77. The van der Waals surface area contributed by atoms with Gasteiger partial charge < -0.3 is 29.4 Å². The minimum Gasteiger partial charge on any atom is -0.491 e. The van der Waals surface area contributed by atoms with Crippen LogP contribution < -0.4 is 19.9 Å². The number of methoxy groups -OCH3 is 1. The van der Waals surface area contributed by atoms with Crippen LogP contribution in [-0.2, 0) is 15.9 Å². The van der Waals surface area contributed by atoms with Crippen LogP contribution >= 0.6 is 0 Å². The molecule has 0 saturated heterocycles. The van der Waals surface area contributed by atoms with Crippen molar-refractivity contribution >= 4 is 0 Å². The molecule has 0 bridgehead atoms. The van der Waals surface area contributed by atoms with E-state index in [0.717, 1.165) is 29.9 Å². The van der Waals surface area contributed by atoms with Gasteiger partial charge >= 0.3 is 0 Å². The van der Waals surface area contributed by atoms with E-state index < -0.39 is 0 Å². The summed E-state index contributed by atoms with van der Waals surface area (Å²) in [4.78, 5) is 0. The number of fused-ring (bicyclic) bond motifs is 1. The minimum absolute atomic E-state index is 0.253. The summed E-state index contributed by atoms with van der Waals surface area (Å²) < 4.78 is 26.9. The van der Waals surface area contributed by atoms with E-state index in [1.54, 1.807) is 7.11 Å². The molecule has 0 radical (unpaired) electrons. The van der Waals surface area contributed by atoms with Crippen molar-refractivity contribution in [1.82, 2.24) is 0 Å². The van der Waals surface area contributed by atoms with Gasteiger partial charge in [0, 0.05) is 26.4 Å². The van der Waals surface area contributed by atoms with Gasteiger partial charge in [-0.25, -0.2) is 0 Å². The van der Waals surface area contributed by atoms with Crippen LogP contribution in [0.3, 0.4) is 0 Å². The van der Waals surface area contributed by atoms with E-state index in [1.807, 2.05) is 12.1 Å². The molecule has 21 heavy (non-hydrogen) atoms. The fraction of sp³-hybridized carbons (Fsp3) is 0.600. The highest BCUT2D eigenvalue weighted by Gasteiger charge is 2.17. The molecule has 1 aliphatic heterocycles. The summed E-state index contributed by atoms with van der Waals surface area (Å²) in [5, 5.41) is 0. The molecule has 0 fully saturated rings. The monoisotopic (exact) mass is 297 g/mol. The first-order chi connectivity index (χ1) is 10.3. The van der Waals surface area contributed by atoms with Crippen LogP contribution in [0.15, 0.2) is 12.1 Å². The van der Waals surface area contributed by atoms with E-state index in [9.17, 15) is 0 Å². The molecule has 1 aromatic rings. The van der Waals surface area contributed by atoms with Crippen molar-refractivity contribution in [3.8, 4) is 17.2 Å². The van der Waals surface area contributed by atoms with Gasteiger partial charge in [-0.05, 0) is 31.0 Å². The summed E-state index contributed by atoms with van der Waals surface area (Å²) in [5.41, 5.74) is 6.66. The van der Waals surface area contributed by atoms with E-state index in [4.69, 9.17) is 29.4 Å². The van der Waals surface area contributed by atoms with Gasteiger partial charge in [-0.3, -0.25) is 0 Å². The molecule has 0 atom stereocenters. The van der Waals surface area contributed by atoms with Crippen molar-refractivity contribution in [1.29, 1.82) is 0 Å². The average molecular weight is 297 g/mol. The Morgan fingerprint density at radius 3 is 2.67 bits per heavy atom. The van der Waals surface area contributed by atoms with Gasteiger partial charge in [0.05, 0.1) is 6.61 Å². The number of ether oxygens (including phenoxy) is 5. The van der Waals surface area contributed by atoms with Crippen LogP contribution in [0.1, 0.15) is 12.0 Å². The second-order valence-corrected chi connectivity index (χ2v) is 4.66. The molecule has 0 aliphatic carbocycles. The SMILES string of the molecule is COCCCOCCOc1cc2c(cc1CCN)OCO2. The molecule has 2 N–H and O–H groups in total. The summed E-state index contributed by atoms with van der Waals surface area (Å²) in [6, 6.07) is 3.79. The summed E-state index contributed by atoms with van der Waals surface area (Å²) in [5.74, 6) is 2.25. The highest BCUT2D eigenvalue weighted by Crippen LogP contribution is 2.38. The van der Waals surface area contributed by atoms with E-state index in [1.165, 1.54) is 0 Å². The molecule has 0 unspecified atom stereocenters. The lowest BCUT2D eigenvalue weighted by atomic mass is 10.1. The van der Waals surface area contributed by atoms with Crippen LogP contribution in [0.4, 0.5) is 0 Å². The van der Waals surface area contributed by atoms with Crippen molar-refractivity contribution in [2.45, 2.75) is 12.8 Å². The first-order valence-electron chi connectivity index (χ1n) is 7.17. The van der Waals surface area contributed by atoms with Gasteiger partial charge in [0.1, 0.15) is 12.4 Å². The van der Waals surface area contributed by atoms with Gasteiger partial charge in [-0.1, -0.05) is 0 Å². The summed E-state index contributed by atoms with van der Waals surface area (Å²) in [6.07, 6.45) is 1.62. The maximum atomic E-state index is 5.77. The van der Waals surface area contributed by atoms with Crippen molar-refractivity contribution in [3.05, 3.63) is 17.7 Å². The number of hydrogen-bond donors (Lipinski definition) is 1. The van der Waals surface area contributed by atoms with Crippen LogP contribution in [-0.4, -0.2) is 46.9 Å². The topological polar surface area (TPSA) is 72.2 Å². The average Bonchev–Trinajstić information content (AvgIpc) is 2.94. The predicted molar refractivity (Wildman–Crippen MR) is 78.1 cm³/mol. The fourth-order valence-corrected chi connectivity index (χ4v) is 2.07. The number of hydrogen-bond acceptors (Lipinski definition) is 6. The molecule has 1 heterocycles. The Morgan fingerprint density at radius 2 is 1.90 bits per heavy atom. The predicted octanol–water partition coefficient (Wildman–Crippen LogP) is 1.35. The Morgan fingerprint density at radius 1 is 1.10 bits per heavy atom. The summed E-state index contributed by atoms with van der Waals surface area (Å²) >= 11 is 0. The Balaban J connectivity index is 1.81. The van der Waals surface area contributed by atoms with Crippen LogP contribution in [0.2, 0.25) is 0 Å². The van der Waals surface area contributed by atoms with Crippen molar-refractivity contribution in [2.75, 3.05) is 46.9 Å². The maximum Gasteiger partial charge on any atom is 0.231 e. The smallest absolute Gasteiger partial charge is 0.231 e. The Hall–Kier alpha value is -1.50. The molecule has 1 aliphatic rings. The van der Waals surface area contributed by atoms with Gasteiger partial charge in [0.2, 0.25) is 6.79 Å². The maximum absolute atomic E-state index is 5.77. The molecule has 0 amide bonds. The van der Waals surface area contributed by atoms with Gasteiger partial charge in [0.25, 0.3) is 0 Å². The molecular formula is C15H23NO5. The second kappa shape index (κ2) is 8.71. The normalized spacial score (nSPS) is 12.7. The third-order valence-electron chi connectivity index (χ3n) is 3.09. The Labute approximate surface area is 125 Å². The highest BCUT2D eigenvalue weighted by atomic mass is 16.7. The third-order valence-corrected chi connectivity index (χ3v) is 3.09. The second-order valence-electron chi connectivity index (χ2n) is 4.66. The van der Waals surface area contributed by atoms with Crippen molar-refractivity contribution in [3.63, 3.8) is 0 Å². The Bertz CT molecular complexity index is 438. The largest absolute Gasteiger partial charge is 0.491 e. The van der Waals surface area contributed by atoms with E-state index in [0.29, 0.717) is 38.7 Å². The van der Waals surface area contributed by atoms with Crippen molar-refractivity contribution in [2.24, 2.45) is 5.73 Å². The standard InChI is InChI=1S/C15H23NO5/c1-17-5-2-6-18-7-8-19-13-10-15-14(20-11-21-15)9-12(13)3-4-16/h9-10H,2-8,11,16H2,1H3. The molecule has 0 aromatic heterocycles. The van der Waals surface area contributed by atoms with E-state index in [-0.39, 0.29) is 6.79 Å². The number of benzene rings is 1. The zero-order valence-electron chi connectivity index (χ0n) is 12.4. The zero-order chi connectivity index (χ0) is 14.9. The number of rotatable bonds is 10. The molecule has 1 aromatic carbocycles. The van der Waals surface area contributed by atoms with E-state index >= 15 is 0 Å². The molecule has 6 heteroatoms. The Kier molecular flexibility index (Phi) is 6.59. The van der Waals surface area contributed by atoms with Crippen molar-refractivity contribution < 1.29 is 23.7 Å². The van der Waals surface area contributed by atoms with Crippen LogP contribution in [0, 0.1) is 0 Å². The zero-order valence-corrected chi connectivity index (χ0v) is 12.4. The van der Waals surface area contributed by atoms with Gasteiger partial charge in [-0.15, -0.1) is 0 Å². The van der Waals surface area contributed by atoms with E-state index in [2.05, 4.69) is 0 Å². The highest BCUT2D eigenvalue weighted by molar-refractivity contribution is 5.52. The molecule has 0 saturated carbocycles. The first kappa shape index (κ1) is 15.9. The lowest BCUT2D eigenvalue weighted by Gasteiger charge is -2.12. The first-order valence-corrected chi connectivity index (χ1v) is 7.17. The van der Waals surface area contributed by atoms with Crippen LogP contribution in [0.25, 0.3) is 0 Å². The van der Waals surface area contributed by atoms with Gasteiger partial charge in [0.15, 0.2) is 11.5 Å². The van der Waals surface area contributed by atoms with Gasteiger partial charge in [-0.2, -0.15) is 0 Å². The fourth-order valence-electron chi connectivity index (χ4n) is 2.07. The summed E-state index contributed by atoms with van der Waals surface area (Å²) in [6.45, 7) is 3.23.